The lowest BCUT2D eigenvalue weighted by molar-refractivity contribution is 0.0964. The van der Waals surface area contributed by atoms with Crippen molar-refractivity contribution in [2.45, 2.75) is 0 Å². The molecule has 33 heavy (non-hydrogen) atoms. The highest BCUT2D eigenvalue weighted by Gasteiger charge is 2.25. The number of anilines is 1. The molecule has 0 saturated carbocycles. The zero-order valence-electron chi connectivity index (χ0n) is 18.1. The second kappa shape index (κ2) is 8.25. The number of nitrogens with zero attached hydrogens (tertiary/aromatic N) is 1. The Hall–Kier alpha value is -3.85. The predicted molar refractivity (Wildman–Crippen MR) is 125 cm³/mol. The minimum absolute atomic E-state index is 0.00581. The van der Waals surface area contributed by atoms with E-state index >= 15 is 0 Å². The number of carbonyl (C=O) groups excluding carboxylic acids is 1. The number of phenolic OH excluding ortho intramolecular Hbond substituents is 1. The van der Waals surface area contributed by atoms with Gasteiger partial charge < -0.3 is 14.8 Å². The Morgan fingerprint density at radius 2 is 1.76 bits per heavy atom. The maximum Gasteiger partial charge on any atom is 0.255 e. The Balaban J connectivity index is 2.09. The number of hydrogen-bond donors (Lipinski definition) is 2. The van der Waals surface area contributed by atoms with Crippen LogP contribution in [0.15, 0.2) is 65.1 Å². The Morgan fingerprint density at radius 1 is 1.06 bits per heavy atom. The van der Waals surface area contributed by atoms with Crippen LogP contribution in [0.25, 0.3) is 33.4 Å². The van der Waals surface area contributed by atoms with E-state index in [4.69, 9.17) is 4.42 Å². The van der Waals surface area contributed by atoms with Gasteiger partial charge in [0.1, 0.15) is 22.9 Å². The predicted octanol–water partition coefficient (Wildman–Crippen LogP) is 4.37. The van der Waals surface area contributed by atoms with Crippen molar-refractivity contribution in [2.24, 2.45) is 0 Å². The van der Waals surface area contributed by atoms with Crippen molar-refractivity contribution in [3.05, 3.63) is 72.0 Å². The number of furan rings is 1. The first-order valence-corrected chi connectivity index (χ1v) is 11.8. The van der Waals surface area contributed by atoms with Crippen molar-refractivity contribution >= 4 is 32.6 Å². The van der Waals surface area contributed by atoms with Gasteiger partial charge in [0.15, 0.2) is 0 Å². The fourth-order valence-electron chi connectivity index (χ4n) is 3.63. The van der Waals surface area contributed by atoms with Crippen molar-refractivity contribution in [1.82, 2.24) is 5.32 Å². The SMILES string of the molecule is CNC(=O)c1c(-c2ccc(F)cc2)oc2cc(N(C)S(C)(=O)=O)c(-c3cccc(O)c3)cc12. The summed E-state index contributed by atoms with van der Waals surface area (Å²) in [6, 6.07) is 15.1. The number of fused-ring (bicyclic) bond motifs is 1. The molecule has 0 atom stereocenters. The normalized spacial score (nSPS) is 11.5. The van der Waals surface area contributed by atoms with E-state index in [-0.39, 0.29) is 22.7 Å². The molecule has 0 spiro atoms. The zero-order valence-corrected chi connectivity index (χ0v) is 18.9. The molecular weight excluding hydrogens is 447 g/mol. The van der Waals surface area contributed by atoms with Crippen LogP contribution in [-0.4, -0.2) is 39.8 Å². The molecular formula is C24H21FN2O5S. The Bertz CT molecular complexity index is 1480. The first-order chi connectivity index (χ1) is 15.6. The zero-order chi connectivity index (χ0) is 23.9. The van der Waals surface area contributed by atoms with Gasteiger partial charge in [0.05, 0.1) is 17.5 Å². The van der Waals surface area contributed by atoms with Gasteiger partial charge >= 0.3 is 0 Å². The van der Waals surface area contributed by atoms with Crippen LogP contribution in [0, 0.1) is 5.82 Å². The largest absolute Gasteiger partial charge is 0.508 e. The van der Waals surface area contributed by atoms with Gasteiger partial charge in [0.25, 0.3) is 5.91 Å². The van der Waals surface area contributed by atoms with Crippen molar-refractivity contribution in [2.75, 3.05) is 24.7 Å². The summed E-state index contributed by atoms with van der Waals surface area (Å²) in [5, 5.41) is 13.0. The van der Waals surface area contributed by atoms with E-state index < -0.39 is 21.7 Å². The van der Waals surface area contributed by atoms with Gasteiger partial charge in [-0.1, -0.05) is 12.1 Å². The maximum atomic E-state index is 13.5. The summed E-state index contributed by atoms with van der Waals surface area (Å²) in [5.41, 5.74) is 2.33. The Kier molecular flexibility index (Phi) is 5.59. The van der Waals surface area contributed by atoms with E-state index in [0.717, 1.165) is 10.6 Å². The Labute approximate surface area is 190 Å². The highest BCUT2D eigenvalue weighted by molar-refractivity contribution is 7.92. The van der Waals surface area contributed by atoms with Gasteiger partial charge in [0.2, 0.25) is 10.0 Å². The number of amides is 1. The molecule has 2 N–H and O–H groups in total. The molecule has 1 aromatic heterocycles. The van der Waals surface area contributed by atoms with E-state index in [1.165, 1.54) is 56.6 Å². The van der Waals surface area contributed by atoms with E-state index in [0.29, 0.717) is 27.8 Å². The first-order valence-electron chi connectivity index (χ1n) is 9.92. The number of aromatic hydroxyl groups is 1. The number of benzene rings is 3. The van der Waals surface area contributed by atoms with Gasteiger partial charge in [-0.15, -0.1) is 0 Å². The molecule has 4 aromatic rings. The van der Waals surface area contributed by atoms with E-state index in [1.54, 1.807) is 18.2 Å². The topological polar surface area (TPSA) is 99.9 Å². The minimum Gasteiger partial charge on any atom is -0.508 e. The summed E-state index contributed by atoms with van der Waals surface area (Å²) in [7, 11) is -0.745. The maximum absolute atomic E-state index is 13.5. The summed E-state index contributed by atoms with van der Waals surface area (Å²) < 4.78 is 45.3. The molecule has 7 nitrogen and oxygen atoms in total. The molecule has 0 bridgehead atoms. The van der Waals surface area contributed by atoms with Crippen LogP contribution >= 0.6 is 0 Å². The van der Waals surface area contributed by atoms with Crippen LogP contribution in [0.4, 0.5) is 10.1 Å². The summed E-state index contributed by atoms with van der Waals surface area (Å²) in [4.78, 5) is 12.8. The lowest BCUT2D eigenvalue weighted by Crippen LogP contribution is -2.25. The summed E-state index contributed by atoms with van der Waals surface area (Å²) in [5.74, 6) is -0.615. The molecule has 0 radical (unpaired) electrons. The van der Waals surface area contributed by atoms with Gasteiger partial charge in [-0.2, -0.15) is 0 Å². The number of hydrogen-bond acceptors (Lipinski definition) is 5. The molecule has 0 aliphatic rings. The molecule has 170 valence electrons. The molecule has 1 amide bonds. The van der Waals surface area contributed by atoms with Crippen LogP contribution in [0.3, 0.4) is 0 Å². The smallest absolute Gasteiger partial charge is 0.255 e. The number of sulfonamides is 1. The van der Waals surface area contributed by atoms with E-state index in [9.17, 15) is 22.7 Å². The molecule has 0 unspecified atom stereocenters. The number of carbonyl (C=O) groups is 1. The molecule has 3 aromatic carbocycles. The quantitative estimate of drug-likeness (QED) is 0.453. The van der Waals surface area contributed by atoms with Crippen LogP contribution in [0.2, 0.25) is 0 Å². The van der Waals surface area contributed by atoms with Crippen LogP contribution in [-0.2, 0) is 10.0 Å². The molecule has 4 rings (SSSR count). The molecule has 1 heterocycles. The van der Waals surface area contributed by atoms with Crippen molar-refractivity contribution in [3.8, 4) is 28.2 Å². The number of phenols is 1. The van der Waals surface area contributed by atoms with Gasteiger partial charge in [-0.05, 0) is 48.0 Å². The van der Waals surface area contributed by atoms with E-state index in [2.05, 4.69) is 5.32 Å². The molecule has 0 saturated heterocycles. The average molecular weight is 469 g/mol. The number of nitrogens with one attached hydrogen (secondary N) is 1. The third-order valence-electron chi connectivity index (χ3n) is 5.36. The summed E-state index contributed by atoms with van der Waals surface area (Å²) in [6.45, 7) is 0. The van der Waals surface area contributed by atoms with Crippen molar-refractivity contribution in [3.63, 3.8) is 0 Å². The third kappa shape index (κ3) is 4.14. The average Bonchev–Trinajstić information content (AvgIpc) is 3.15. The molecule has 0 fully saturated rings. The van der Waals surface area contributed by atoms with E-state index in [1.807, 2.05) is 0 Å². The lowest BCUT2D eigenvalue weighted by Gasteiger charge is -2.20. The number of rotatable bonds is 5. The Morgan fingerprint density at radius 3 is 2.36 bits per heavy atom. The fourth-order valence-corrected chi connectivity index (χ4v) is 4.14. The standard InChI is InChI=1S/C24H21FN2O5S/c1-26-24(29)22-19-12-18(15-5-4-6-17(28)11-15)20(27(2)33(3,30)31)13-21(19)32-23(22)14-7-9-16(25)10-8-14/h4-13,28H,1-3H3,(H,26,29). The minimum atomic E-state index is -3.64. The van der Waals surface area contributed by atoms with Crippen LogP contribution < -0.4 is 9.62 Å². The van der Waals surface area contributed by atoms with Crippen LogP contribution in [0.1, 0.15) is 10.4 Å². The van der Waals surface area contributed by atoms with Gasteiger partial charge in [-0.25, -0.2) is 12.8 Å². The van der Waals surface area contributed by atoms with Crippen molar-refractivity contribution in [1.29, 1.82) is 0 Å². The summed E-state index contributed by atoms with van der Waals surface area (Å²) >= 11 is 0. The lowest BCUT2D eigenvalue weighted by atomic mass is 9.98. The second-order valence-corrected chi connectivity index (χ2v) is 9.55. The fraction of sp³-hybridized carbons (Fsp3) is 0.125. The van der Waals surface area contributed by atoms with Gasteiger partial charge in [0, 0.05) is 36.7 Å². The molecule has 0 aliphatic heterocycles. The number of halogens is 1. The summed E-state index contributed by atoms with van der Waals surface area (Å²) in [6.07, 6.45) is 1.07. The molecule has 9 heteroatoms. The third-order valence-corrected chi connectivity index (χ3v) is 6.55. The van der Waals surface area contributed by atoms with Gasteiger partial charge in [-0.3, -0.25) is 9.10 Å². The highest BCUT2D eigenvalue weighted by atomic mass is 32.2. The molecule has 0 aliphatic carbocycles. The second-order valence-electron chi connectivity index (χ2n) is 7.54. The van der Waals surface area contributed by atoms with Crippen LogP contribution in [0.5, 0.6) is 5.75 Å². The first kappa shape index (κ1) is 22.3. The monoisotopic (exact) mass is 468 g/mol. The highest BCUT2D eigenvalue weighted by Crippen LogP contribution is 2.41. The van der Waals surface area contributed by atoms with Crippen molar-refractivity contribution < 1.29 is 27.1 Å².